The lowest BCUT2D eigenvalue weighted by molar-refractivity contribution is -0.145. The van der Waals surface area contributed by atoms with Gasteiger partial charge in [-0.1, -0.05) is 6.92 Å². The molecule has 0 saturated carbocycles. The van der Waals surface area contributed by atoms with E-state index in [0.717, 1.165) is 0 Å². The molecule has 1 unspecified atom stereocenters. The first-order valence-corrected chi connectivity index (χ1v) is 6.03. The van der Waals surface area contributed by atoms with Crippen LogP contribution in [0.5, 0.6) is 0 Å². The van der Waals surface area contributed by atoms with Crippen molar-refractivity contribution in [3.63, 3.8) is 0 Å². The van der Waals surface area contributed by atoms with Crippen LogP contribution >= 0.6 is 0 Å². The zero-order valence-corrected chi connectivity index (χ0v) is 10.9. The number of carbonyl (C=O) groups is 2. The molecule has 1 aromatic heterocycles. The Balaban J connectivity index is 2.82. The predicted molar refractivity (Wildman–Crippen MR) is 68.1 cm³/mol. The number of furan rings is 1. The van der Waals surface area contributed by atoms with E-state index in [1.54, 1.807) is 25.1 Å². The van der Waals surface area contributed by atoms with Crippen LogP contribution in [0.25, 0.3) is 6.08 Å². The molecular weight excluding hydrogens is 232 g/mol. The third-order valence-electron chi connectivity index (χ3n) is 2.45. The molecule has 1 rings (SSSR count). The fourth-order valence-corrected chi connectivity index (χ4v) is 1.57. The lowest BCUT2D eigenvalue weighted by atomic mass is 10.0. The molecule has 0 N–H and O–H groups in total. The second-order valence-electron chi connectivity index (χ2n) is 3.90. The minimum Gasteiger partial charge on any atom is -0.465 e. The molecule has 0 bridgehead atoms. The highest BCUT2D eigenvalue weighted by atomic mass is 16.5. The van der Waals surface area contributed by atoms with Crippen molar-refractivity contribution in [1.82, 2.24) is 0 Å². The number of allylic oxidation sites excluding steroid dienone is 1. The van der Waals surface area contributed by atoms with E-state index in [1.807, 2.05) is 6.92 Å². The summed E-state index contributed by atoms with van der Waals surface area (Å²) in [4.78, 5) is 22.5. The molecule has 0 aromatic carbocycles. The van der Waals surface area contributed by atoms with Gasteiger partial charge < -0.3 is 9.15 Å². The van der Waals surface area contributed by atoms with E-state index in [2.05, 4.69) is 0 Å². The molecule has 4 nitrogen and oxygen atoms in total. The van der Waals surface area contributed by atoms with Crippen molar-refractivity contribution in [2.75, 3.05) is 6.61 Å². The molecule has 18 heavy (non-hydrogen) atoms. The van der Waals surface area contributed by atoms with Gasteiger partial charge in [-0.3, -0.25) is 9.59 Å². The number of ether oxygens (including phenoxy) is 1. The molecule has 1 atom stereocenters. The Morgan fingerprint density at radius 3 is 2.67 bits per heavy atom. The van der Waals surface area contributed by atoms with Crippen molar-refractivity contribution in [3.05, 3.63) is 29.7 Å². The summed E-state index contributed by atoms with van der Waals surface area (Å²) in [5.41, 5.74) is 0. The second kappa shape index (κ2) is 6.79. The van der Waals surface area contributed by atoms with Crippen molar-refractivity contribution >= 4 is 17.8 Å². The van der Waals surface area contributed by atoms with Crippen LogP contribution in [0.15, 0.2) is 22.6 Å². The number of carbonyl (C=O) groups excluding carboxylic acids is 2. The smallest absolute Gasteiger partial charge is 0.316 e. The Morgan fingerprint density at radius 1 is 1.39 bits per heavy atom. The van der Waals surface area contributed by atoms with E-state index >= 15 is 0 Å². The average Bonchev–Trinajstić information content (AvgIpc) is 2.76. The monoisotopic (exact) mass is 250 g/mol. The van der Waals surface area contributed by atoms with E-state index in [1.165, 1.54) is 13.0 Å². The van der Waals surface area contributed by atoms with E-state index in [0.29, 0.717) is 24.5 Å². The molecule has 1 aromatic rings. The Kier molecular flexibility index (Phi) is 5.36. The van der Waals surface area contributed by atoms with Crippen LogP contribution in [0.1, 0.15) is 44.6 Å². The van der Waals surface area contributed by atoms with Gasteiger partial charge >= 0.3 is 5.97 Å². The van der Waals surface area contributed by atoms with Gasteiger partial charge in [0, 0.05) is 0 Å². The SMILES string of the molecule is CCOC(=O)C(CC)c1ccc(C=CC(C)=O)o1. The third kappa shape index (κ3) is 3.87. The van der Waals surface area contributed by atoms with Crippen molar-refractivity contribution in [3.8, 4) is 0 Å². The quantitative estimate of drug-likeness (QED) is 0.575. The zero-order valence-electron chi connectivity index (χ0n) is 10.9. The number of ketones is 1. The lowest BCUT2D eigenvalue weighted by Gasteiger charge is -2.10. The van der Waals surface area contributed by atoms with E-state index in [-0.39, 0.29) is 17.7 Å². The topological polar surface area (TPSA) is 56.5 Å². The first kappa shape index (κ1) is 14.2. The van der Waals surface area contributed by atoms with Crippen molar-refractivity contribution in [2.45, 2.75) is 33.1 Å². The van der Waals surface area contributed by atoms with Gasteiger partial charge in [0.05, 0.1) is 6.61 Å². The normalized spacial score (nSPS) is 12.6. The molecule has 0 aliphatic rings. The summed E-state index contributed by atoms with van der Waals surface area (Å²) in [5, 5.41) is 0. The number of hydrogen-bond acceptors (Lipinski definition) is 4. The largest absolute Gasteiger partial charge is 0.465 e. The maximum atomic E-state index is 11.7. The molecule has 0 fully saturated rings. The Bertz CT molecular complexity index is 442. The van der Waals surface area contributed by atoms with E-state index in [4.69, 9.17) is 9.15 Å². The standard InChI is InChI=1S/C14H18O4/c1-4-12(14(16)17-5-2)13-9-8-11(18-13)7-6-10(3)15/h6-9,12H,4-5H2,1-3H3. The van der Waals surface area contributed by atoms with Crippen LogP contribution in [0, 0.1) is 0 Å². The van der Waals surface area contributed by atoms with Crippen LogP contribution in [0.3, 0.4) is 0 Å². The fourth-order valence-electron chi connectivity index (χ4n) is 1.57. The summed E-state index contributed by atoms with van der Waals surface area (Å²) < 4.78 is 10.5. The van der Waals surface area contributed by atoms with Gasteiger partial charge in [-0.05, 0) is 44.6 Å². The molecular formula is C14H18O4. The maximum Gasteiger partial charge on any atom is 0.316 e. The first-order valence-electron chi connectivity index (χ1n) is 6.03. The van der Waals surface area contributed by atoms with Crippen molar-refractivity contribution < 1.29 is 18.7 Å². The second-order valence-corrected chi connectivity index (χ2v) is 3.90. The van der Waals surface area contributed by atoms with Crippen LogP contribution in [-0.2, 0) is 14.3 Å². The van der Waals surface area contributed by atoms with Crippen LogP contribution in [0.4, 0.5) is 0 Å². The number of esters is 1. The Morgan fingerprint density at radius 2 is 2.11 bits per heavy atom. The summed E-state index contributed by atoms with van der Waals surface area (Å²) >= 11 is 0. The van der Waals surface area contributed by atoms with Crippen LogP contribution in [-0.4, -0.2) is 18.4 Å². The molecule has 1 heterocycles. The number of rotatable bonds is 6. The summed E-state index contributed by atoms with van der Waals surface area (Å²) in [6.07, 6.45) is 3.62. The molecule has 98 valence electrons. The molecule has 0 saturated heterocycles. The van der Waals surface area contributed by atoms with Crippen LogP contribution < -0.4 is 0 Å². The minimum atomic E-state index is -0.385. The zero-order chi connectivity index (χ0) is 13.5. The van der Waals surface area contributed by atoms with E-state index < -0.39 is 0 Å². The summed E-state index contributed by atoms with van der Waals surface area (Å²) in [7, 11) is 0. The molecule has 0 amide bonds. The molecule has 0 aliphatic heterocycles. The predicted octanol–water partition coefficient (Wildman–Crippen LogP) is 2.94. The number of hydrogen-bond donors (Lipinski definition) is 0. The summed E-state index contributed by atoms with van der Waals surface area (Å²) in [6, 6.07) is 3.47. The van der Waals surface area contributed by atoms with Crippen molar-refractivity contribution in [2.24, 2.45) is 0 Å². The summed E-state index contributed by atoms with van der Waals surface area (Å²) in [6.45, 7) is 5.49. The third-order valence-corrected chi connectivity index (χ3v) is 2.45. The van der Waals surface area contributed by atoms with Gasteiger partial charge in [0.2, 0.25) is 0 Å². The molecule has 4 heteroatoms. The Labute approximate surface area is 107 Å². The van der Waals surface area contributed by atoms with Gasteiger partial charge in [-0.2, -0.15) is 0 Å². The Hall–Kier alpha value is -1.84. The van der Waals surface area contributed by atoms with Gasteiger partial charge in [0.25, 0.3) is 0 Å². The highest BCUT2D eigenvalue weighted by molar-refractivity contribution is 5.91. The van der Waals surface area contributed by atoms with Gasteiger partial charge in [-0.25, -0.2) is 0 Å². The molecule has 0 radical (unpaired) electrons. The van der Waals surface area contributed by atoms with Gasteiger partial charge in [-0.15, -0.1) is 0 Å². The molecule has 0 aliphatic carbocycles. The summed E-state index contributed by atoms with van der Waals surface area (Å²) in [5.74, 6) is 0.411. The van der Waals surface area contributed by atoms with Crippen LogP contribution in [0.2, 0.25) is 0 Å². The molecule has 0 spiro atoms. The highest BCUT2D eigenvalue weighted by Crippen LogP contribution is 2.24. The first-order chi connectivity index (χ1) is 8.58. The maximum absolute atomic E-state index is 11.7. The van der Waals surface area contributed by atoms with Crippen molar-refractivity contribution in [1.29, 1.82) is 0 Å². The lowest BCUT2D eigenvalue weighted by Crippen LogP contribution is -2.14. The van der Waals surface area contributed by atoms with E-state index in [9.17, 15) is 9.59 Å². The average molecular weight is 250 g/mol. The van der Waals surface area contributed by atoms with Gasteiger partial charge in [0.15, 0.2) is 5.78 Å². The van der Waals surface area contributed by atoms with Gasteiger partial charge in [0.1, 0.15) is 17.4 Å². The fraction of sp³-hybridized carbons (Fsp3) is 0.429. The highest BCUT2D eigenvalue weighted by Gasteiger charge is 2.23. The minimum absolute atomic E-state index is 0.0506.